The summed E-state index contributed by atoms with van der Waals surface area (Å²) in [5.41, 5.74) is 1.67. The SMILES string of the molecule is C=CC[Si](C)(C)C1=[C-]CC(C(CC)[Si](OCC)(OCC)OCC)=C1[Si](C)(C)CC=C.[CH3-].[CH3-].[CH3-].[Pt+4]. The molecule has 0 aromatic carbocycles. The van der Waals surface area contributed by atoms with Crippen LogP contribution < -0.4 is 0 Å². The van der Waals surface area contributed by atoms with Crippen LogP contribution in [0.5, 0.6) is 0 Å². The van der Waals surface area contributed by atoms with E-state index in [0.717, 1.165) is 24.9 Å². The van der Waals surface area contributed by atoms with Crippen molar-refractivity contribution in [3.63, 3.8) is 0 Å². The molecular formula is C27H54O3PtSi3. The van der Waals surface area contributed by atoms with E-state index in [9.17, 15) is 0 Å². The number of rotatable bonds is 15. The number of hydrogen-bond donors (Lipinski definition) is 0. The van der Waals surface area contributed by atoms with E-state index in [1.165, 1.54) is 10.8 Å². The normalized spacial score (nSPS) is 14.6. The molecule has 0 fully saturated rings. The first-order valence-electron chi connectivity index (χ1n) is 11.6. The summed E-state index contributed by atoms with van der Waals surface area (Å²) in [7, 11) is -6.27. The van der Waals surface area contributed by atoms with Gasteiger partial charge < -0.3 is 35.6 Å². The third kappa shape index (κ3) is 9.57. The Bertz CT molecular complexity index is 640. The van der Waals surface area contributed by atoms with Crippen LogP contribution in [0.15, 0.2) is 41.3 Å². The second kappa shape index (κ2) is 18.4. The second-order valence-electron chi connectivity index (χ2n) is 9.25. The molecule has 7 heteroatoms. The summed E-state index contributed by atoms with van der Waals surface area (Å²) >= 11 is 0. The Morgan fingerprint density at radius 3 is 1.59 bits per heavy atom. The average molecular weight is 706 g/mol. The summed E-state index contributed by atoms with van der Waals surface area (Å²) in [6, 6.07) is 2.14. The molecular weight excluding hydrogens is 652 g/mol. The van der Waals surface area contributed by atoms with Crippen LogP contribution in [0.2, 0.25) is 43.8 Å². The van der Waals surface area contributed by atoms with Gasteiger partial charge in [0.05, 0.1) is 0 Å². The van der Waals surface area contributed by atoms with Crippen molar-refractivity contribution in [2.45, 2.75) is 84.4 Å². The van der Waals surface area contributed by atoms with Gasteiger partial charge in [-0.05, 0) is 41.3 Å². The third-order valence-electron chi connectivity index (χ3n) is 5.98. The molecule has 0 heterocycles. The topological polar surface area (TPSA) is 27.7 Å². The Morgan fingerprint density at radius 1 is 0.824 bits per heavy atom. The quantitative estimate of drug-likeness (QED) is 0.0973. The van der Waals surface area contributed by atoms with Gasteiger partial charge in [0.1, 0.15) is 0 Å². The van der Waals surface area contributed by atoms with Gasteiger partial charge in [-0.3, -0.25) is 6.08 Å². The van der Waals surface area contributed by atoms with Crippen molar-refractivity contribution in [3.05, 3.63) is 69.6 Å². The Kier molecular flexibility index (Phi) is 22.4. The van der Waals surface area contributed by atoms with Crippen LogP contribution in [0.25, 0.3) is 0 Å². The number of hydrogen-bond acceptors (Lipinski definition) is 3. The fourth-order valence-electron chi connectivity index (χ4n) is 4.84. The van der Waals surface area contributed by atoms with E-state index in [4.69, 9.17) is 13.3 Å². The summed E-state index contributed by atoms with van der Waals surface area (Å²) < 4.78 is 19.1. The molecule has 3 nitrogen and oxygen atoms in total. The van der Waals surface area contributed by atoms with Gasteiger partial charge in [0.15, 0.2) is 0 Å². The molecule has 0 amide bonds. The Balaban J connectivity index is -0.00000112. The van der Waals surface area contributed by atoms with Gasteiger partial charge in [0.2, 0.25) is 0 Å². The second-order valence-corrected chi connectivity index (χ2v) is 21.4. The summed E-state index contributed by atoms with van der Waals surface area (Å²) in [4.78, 5) is 0. The minimum Gasteiger partial charge on any atom is -0.373 e. The van der Waals surface area contributed by atoms with E-state index < -0.39 is 25.0 Å². The Morgan fingerprint density at radius 2 is 1.24 bits per heavy atom. The van der Waals surface area contributed by atoms with Crippen LogP contribution in [0, 0.1) is 28.4 Å². The maximum Gasteiger partial charge on any atom is 4.00 e. The molecule has 0 radical (unpaired) electrons. The van der Waals surface area contributed by atoms with Gasteiger partial charge in [-0.15, -0.1) is 19.6 Å². The Hall–Kier alpha value is 0.179. The van der Waals surface area contributed by atoms with E-state index >= 15 is 0 Å². The standard InChI is InChI=1S/C24H45O3Si3.3CH3.Pt/c1-11-19-28(7,8)23-18-17-21(24(23)29(9,10)20-12-2)22(13-3)30(25-14-4,26-15-5)27-16-6;;;;/h11-12,22H,1-2,13-17,19-20H2,3-10H3;3*1H3;/q4*-1;+4. The zero-order valence-corrected chi connectivity index (χ0v) is 29.4. The molecule has 1 unspecified atom stereocenters. The maximum atomic E-state index is 6.38. The molecule has 0 spiro atoms. The molecule has 0 aliphatic heterocycles. The molecule has 0 bridgehead atoms. The summed E-state index contributed by atoms with van der Waals surface area (Å²) in [6.45, 7) is 28.2. The Labute approximate surface area is 232 Å². The minimum absolute atomic E-state index is 0. The van der Waals surface area contributed by atoms with E-state index in [-0.39, 0.29) is 48.9 Å². The van der Waals surface area contributed by atoms with E-state index in [1.54, 1.807) is 5.20 Å². The summed E-state index contributed by atoms with van der Waals surface area (Å²) in [6.07, 6.45) is 9.91. The predicted octanol–water partition coefficient (Wildman–Crippen LogP) is 8.46. The largest absolute Gasteiger partial charge is 4.00 e. The zero-order chi connectivity index (χ0) is 23.0. The molecule has 1 aliphatic rings. The molecule has 1 aliphatic carbocycles. The first kappa shape index (κ1) is 41.3. The minimum atomic E-state index is -2.86. The van der Waals surface area contributed by atoms with Crippen LogP contribution in [0.4, 0.5) is 0 Å². The van der Waals surface area contributed by atoms with Gasteiger partial charge in [-0.2, -0.15) is 5.57 Å². The van der Waals surface area contributed by atoms with Crippen molar-refractivity contribution in [1.29, 1.82) is 0 Å². The van der Waals surface area contributed by atoms with Crippen molar-refractivity contribution in [3.8, 4) is 0 Å². The molecule has 0 N–H and O–H groups in total. The van der Waals surface area contributed by atoms with Crippen LogP contribution in [0.1, 0.15) is 40.5 Å². The van der Waals surface area contributed by atoms with Gasteiger partial charge in [-0.25, -0.2) is 10.4 Å². The van der Waals surface area contributed by atoms with Crippen LogP contribution in [0.3, 0.4) is 0 Å². The smallest absolute Gasteiger partial charge is 0.373 e. The van der Waals surface area contributed by atoms with Gasteiger partial charge in [-0.1, -0.05) is 51.3 Å². The molecule has 0 saturated carbocycles. The van der Waals surface area contributed by atoms with Gasteiger partial charge in [0, 0.05) is 33.4 Å². The molecule has 0 aromatic heterocycles. The third-order valence-corrected chi connectivity index (χ3v) is 16.2. The van der Waals surface area contributed by atoms with Crippen LogP contribution in [-0.4, -0.2) is 44.8 Å². The van der Waals surface area contributed by atoms with Crippen molar-refractivity contribution < 1.29 is 34.3 Å². The van der Waals surface area contributed by atoms with E-state index in [0.29, 0.717) is 19.8 Å². The predicted molar refractivity (Wildman–Crippen MR) is 157 cm³/mol. The fraction of sp³-hybridized carbons (Fsp3) is 0.593. The first-order chi connectivity index (χ1) is 14.1. The van der Waals surface area contributed by atoms with Gasteiger partial charge in [0.25, 0.3) is 0 Å². The van der Waals surface area contributed by atoms with Gasteiger partial charge >= 0.3 is 29.9 Å². The molecule has 34 heavy (non-hydrogen) atoms. The number of allylic oxidation sites excluding steroid dienone is 6. The fourth-order valence-corrected chi connectivity index (χ4v) is 15.4. The molecule has 202 valence electrons. The average Bonchev–Trinajstić information content (AvgIpc) is 3.09. The van der Waals surface area contributed by atoms with Crippen molar-refractivity contribution in [2.24, 2.45) is 0 Å². The maximum absolute atomic E-state index is 6.38. The van der Waals surface area contributed by atoms with E-state index in [1.807, 2.05) is 20.8 Å². The van der Waals surface area contributed by atoms with Crippen LogP contribution >= 0.6 is 0 Å². The zero-order valence-electron chi connectivity index (χ0n) is 24.1. The molecule has 0 aromatic rings. The summed E-state index contributed by atoms with van der Waals surface area (Å²) in [5, 5.41) is 3.12. The van der Waals surface area contributed by atoms with Crippen LogP contribution in [-0.2, 0) is 34.3 Å². The monoisotopic (exact) mass is 705 g/mol. The summed E-state index contributed by atoms with van der Waals surface area (Å²) in [5.74, 6) is 0. The molecule has 0 saturated heterocycles. The molecule has 1 rings (SSSR count). The van der Waals surface area contributed by atoms with Crippen molar-refractivity contribution in [2.75, 3.05) is 19.8 Å². The van der Waals surface area contributed by atoms with Crippen molar-refractivity contribution >= 4 is 25.0 Å². The van der Waals surface area contributed by atoms with E-state index in [2.05, 4.69) is 64.5 Å². The molecule has 1 atom stereocenters. The van der Waals surface area contributed by atoms with Crippen molar-refractivity contribution in [1.82, 2.24) is 0 Å². The first-order valence-corrected chi connectivity index (χ1v) is 19.8.